The van der Waals surface area contributed by atoms with E-state index in [1.807, 2.05) is 0 Å². The minimum absolute atomic E-state index is 0.179. The fourth-order valence-corrected chi connectivity index (χ4v) is 1.11. The Bertz CT molecular complexity index is 399. The largest absolute Gasteiger partial charge is 0.426 e. The van der Waals surface area contributed by atoms with Gasteiger partial charge in [0, 0.05) is 12.1 Å². The number of nitrogens with two attached hydrogens (primary N) is 1. The number of nitrogen functional groups attached to an aromatic ring is 1. The third-order valence-corrected chi connectivity index (χ3v) is 1.90. The molecule has 0 bridgehead atoms. The van der Waals surface area contributed by atoms with Crippen LogP contribution in [0.25, 0.3) is 0 Å². The van der Waals surface area contributed by atoms with Gasteiger partial charge in [-0.15, -0.1) is 0 Å². The Hall–Kier alpha value is -1.84. The zero-order valence-electron chi connectivity index (χ0n) is 8.74. The van der Waals surface area contributed by atoms with Crippen molar-refractivity contribution < 1.29 is 14.3 Å². The molecule has 0 aliphatic rings. The molecule has 4 heteroatoms. The van der Waals surface area contributed by atoms with Gasteiger partial charge in [-0.05, 0) is 25.1 Å². The van der Waals surface area contributed by atoms with Gasteiger partial charge >= 0.3 is 5.97 Å². The zero-order chi connectivity index (χ0) is 11.4. The van der Waals surface area contributed by atoms with E-state index in [1.54, 1.807) is 13.0 Å². The van der Waals surface area contributed by atoms with Crippen LogP contribution in [0.3, 0.4) is 0 Å². The van der Waals surface area contributed by atoms with Gasteiger partial charge in [-0.25, -0.2) is 0 Å². The molecule has 0 fully saturated rings. The Labute approximate surface area is 88.0 Å². The van der Waals surface area contributed by atoms with Crippen molar-refractivity contribution in [1.29, 1.82) is 0 Å². The highest BCUT2D eigenvalue weighted by Crippen LogP contribution is 2.22. The Morgan fingerprint density at radius 1 is 1.40 bits per heavy atom. The molecule has 80 valence electrons. The summed E-state index contributed by atoms with van der Waals surface area (Å²) < 4.78 is 5.00. The Morgan fingerprint density at radius 2 is 2.07 bits per heavy atom. The summed E-state index contributed by atoms with van der Waals surface area (Å²) in [7, 11) is 0. The molecule has 0 amide bonds. The molecule has 0 spiro atoms. The summed E-state index contributed by atoms with van der Waals surface area (Å²) >= 11 is 0. The van der Waals surface area contributed by atoms with Crippen LogP contribution in [-0.2, 0) is 4.79 Å². The van der Waals surface area contributed by atoms with Crippen molar-refractivity contribution in [2.75, 3.05) is 5.73 Å². The minimum Gasteiger partial charge on any atom is -0.426 e. The number of hydrogen-bond donors (Lipinski definition) is 1. The second-order valence-electron chi connectivity index (χ2n) is 3.14. The predicted octanol–water partition coefficient (Wildman–Crippen LogP) is 1.79. The highest BCUT2D eigenvalue weighted by Gasteiger charge is 2.11. The topological polar surface area (TPSA) is 69.4 Å². The lowest BCUT2D eigenvalue weighted by Gasteiger charge is -2.07. The van der Waals surface area contributed by atoms with Crippen molar-refractivity contribution in [3.05, 3.63) is 23.8 Å². The van der Waals surface area contributed by atoms with E-state index in [2.05, 4.69) is 0 Å². The average molecular weight is 207 g/mol. The first-order valence-corrected chi connectivity index (χ1v) is 4.65. The number of carbonyl (C=O) groups is 2. The lowest BCUT2D eigenvalue weighted by Crippen LogP contribution is -2.09. The number of hydrogen-bond acceptors (Lipinski definition) is 4. The molecule has 0 unspecified atom stereocenters. The number of ether oxygens (including phenoxy) is 1. The van der Waals surface area contributed by atoms with Gasteiger partial charge < -0.3 is 10.5 Å². The van der Waals surface area contributed by atoms with Crippen LogP contribution in [0.4, 0.5) is 5.69 Å². The first-order valence-electron chi connectivity index (χ1n) is 4.65. The van der Waals surface area contributed by atoms with E-state index in [9.17, 15) is 9.59 Å². The Morgan fingerprint density at radius 3 is 2.60 bits per heavy atom. The summed E-state index contributed by atoms with van der Waals surface area (Å²) in [4.78, 5) is 22.3. The molecule has 4 nitrogen and oxygen atoms in total. The van der Waals surface area contributed by atoms with Crippen molar-refractivity contribution in [3.63, 3.8) is 0 Å². The van der Waals surface area contributed by atoms with Gasteiger partial charge in [0.25, 0.3) is 0 Å². The first-order chi connectivity index (χ1) is 7.04. The second-order valence-corrected chi connectivity index (χ2v) is 3.14. The van der Waals surface area contributed by atoms with Crippen molar-refractivity contribution in [3.8, 4) is 5.75 Å². The number of Topliss-reactive ketones (excluding diaryl/α,β-unsaturated/α-hetero) is 1. The van der Waals surface area contributed by atoms with Crippen LogP contribution >= 0.6 is 0 Å². The first kappa shape index (κ1) is 11.2. The molecule has 0 aliphatic heterocycles. The molecular formula is C11H13NO3. The lowest BCUT2D eigenvalue weighted by molar-refractivity contribution is -0.134. The van der Waals surface area contributed by atoms with Crippen LogP contribution in [0.2, 0.25) is 0 Å². The molecule has 0 aliphatic carbocycles. The molecule has 1 aromatic rings. The summed E-state index contributed by atoms with van der Waals surface area (Å²) in [5.41, 5.74) is 6.34. The predicted molar refractivity (Wildman–Crippen MR) is 56.8 cm³/mol. The smallest absolute Gasteiger partial charge is 0.310 e. The fraction of sp³-hybridized carbons (Fsp3) is 0.273. The highest BCUT2D eigenvalue weighted by atomic mass is 16.5. The Kier molecular flexibility index (Phi) is 3.44. The lowest BCUT2D eigenvalue weighted by atomic mass is 10.1. The molecule has 1 rings (SSSR count). The summed E-state index contributed by atoms with van der Waals surface area (Å²) in [6, 6.07) is 4.62. The quantitative estimate of drug-likeness (QED) is 0.355. The average Bonchev–Trinajstić information content (AvgIpc) is 2.20. The number of anilines is 1. The number of ketones is 1. The van der Waals surface area contributed by atoms with Gasteiger partial charge in [-0.3, -0.25) is 9.59 Å². The van der Waals surface area contributed by atoms with Crippen molar-refractivity contribution in [1.82, 2.24) is 0 Å². The van der Waals surface area contributed by atoms with Crippen LogP contribution in [0.1, 0.15) is 30.6 Å². The van der Waals surface area contributed by atoms with Crippen LogP contribution < -0.4 is 10.5 Å². The molecule has 0 saturated heterocycles. The van der Waals surface area contributed by atoms with Crippen LogP contribution in [0.15, 0.2) is 18.2 Å². The van der Waals surface area contributed by atoms with Gasteiger partial charge in [0.2, 0.25) is 0 Å². The molecular weight excluding hydrogens is 194 g/mol. The summed E-state index contributed by atoms with van der Waals surface area (Å²) in [6.45, 7) is 3.09. The maximum atomic E-state index is 11.2. The fourth-order valence-electron chi connectivity index (χ4n) is 1.11. The summed E-state index contributed by atoms with van der Waals surface area (Å²) in [5, 5.41) is 0. The van der Waals surface area contributed by atoms with Gasteiger partial charge in [-0.1, -0.05) is 6.92 Å². The number of benzene rings is 1. The van der Waals surface area contributed by atoms with E-state index in [1.165, 1.54) is 19.1 Å². The number of rotatable bonds is 3. The van der Waals surface area contributed by atoms with Crippen molar-refractivity contribution in [2.45, 2.75) is 20.3 Å². The minimum atomic E-state index is -0.373. The van der Waals surface area contributed by atoms with E-state index in [0.29, 0.717) is 11.3 Å². The number of carbonyl (C=O) groups excluding carboxylic acids is 2. The van der Waals surface area contributed by atoms with E-state index >= 15 is 0 Å². The second kappa shape index (κ2) is 4.59. The zero-order valence-corrected chi connectivity index (χ0v) is 8.74. The highest BCUT2D eigenvalue weighted by molar-refractivity contribution is 5.98. The molecule has 0 atom stereocenters. The van der Waals surface area contributed by atoms with E-state index in [-0.39, 0.29) is 23.9 Å². The van der Waals surface area contributed by atoms with Crippen LogP contribution in [0.5, 0.6) is 5.75 Å². The third-order valence-electron chi connectivity index (χ3n) is 1.90. The molecule has 0 radical (unpaired) electrons. The normalized spacial score (nSPS) is 9.73. The maximum absolute atomic E-state index is 11.2. The standard InChI is InChI=1S/C11H13NO3/c1-3-11(14)15-10-5-4-8(12)6-9(10)7(2)13/h4-6H,3,12H2,1-2H3. The molecule has 0 saturated carbocycles. The maximum Gasteiger partial charge on any atom is 0.310 e. The van der Waals surface area contributed by atoms with E-state index in [4.69, 9.17) is 10.5 Å². The van der Waals surface area contributed by atoms with Gasteiger partial charge in [0.1, 0.15) is 5.75 Å². The van der Waals surface area contributed by atoms with Crippen molar-refractivity contribution in [2.24, 2.45) is 0 Å². The van der Waals surface area contributed by atoms with Gasteiger partial charge in [0.05, 0.1) is 5.56 Å². The summed E-state index contributed by atoms with van der Waals surface area (Å²) in [6.07, 6.45) is 0.266. The summed E-state index contributed by atoms with van der Waals surface area (Å²) in [5.74, 6) is -0.285. The van der Waals surface area contributed by atoms with Crippen molar-refractivity contribution >= 4 is 17.4 Å². The SMILES string of the molecule is CCC(=O)Oc1ccc(N)cc1C(C)=O. The monoisotopic (exact) mass is 207 g/mol. The van der Waals surface area contributed by atoms with Crippen LogP contribution in [-0.4, -0.2) is 11.8 Å². The molecule has 1 aromatic carbocycles. The molecule has 15 heavy (non-hydrogen) atoms. The number of esters is 1. The van der Waals surface area contributed by atoms with Gasteiger partial charge in [-0.2, -0.15) is 0 Å². The van der Waals surface area contributed by atoms with Gasteiger partial charge in [0.15, 0.2) is 5.78 Å². The van der Waals surface area contributed by atoms with Crippen LogP contribution in [0, 0.1) is 0 Å². The van der Waals surface area contributed by atoms with E-state index in [0.717, 1.165) is 0 Å². The molecule has 2 N–H and O–H groups in total. The third kappa shape index (κ3) is 2.80. The Balaban J connectivity index is 3.06. The molecule has 0 aromatic heterocycles. The molecule has 0 heterocycles. The van der Waals surface area contributed by atoms with E-state index < -0.39 is 0 Å².